The summed E-state index contributed by atoms with van der Waals surface area (Å²) in [6, 6.07) is 6.79. The van der Waals surface area contributed by atoms with E-state index >= 15 is 0 Å². The fourth-order valence-electron chi connectivity index (χ4n) is 2.33. The molecule has 0 aromatic heterocycles. The first-order chi connectivity index (χ1) is 6.81. The molecule has 0 bridgehead atoms. The van der Waals surface area contributed by atoms with Gasteiger partial charge in [-0.25, -0.2) is 0 Å². The maximum atomic E-state index is 2.40. The van der Waals surface area contributed by atoms with E-state index in [4.69, 9.17) is 0 Å². The van der Waals surface area contributed by atoms with Crippen molar-refractivity contribution >= 4 is 0 Å². The molecule has 0 radical (unpaired) electrons. The number of hydrogen-bond acceptors (Lipinski definition) is 1. The van der Waals surface area contributed by atoms with Crippen LogP contribution < -0.4 is 0 Å². The van der Waals surface area contributed by atoms with E-state index in [9.17, 15) is 0 Å². The normalized spacial score (nSPS) is 16.7. The molecule has 76 valence electrons. The van der Waals surface area contributed by atoms with Crippen molar-refractivity contribution in [2.24, 2.45) is 0 Å². The molecule has 14 heavy (non-hydrogen) atoms. The van der Waals surface area contributed by atoms with Gasteiger partial charge in [-0.2, -0.15) is 0 Å². The number of likely N-dealkylation sites (N-methyl/N-ethyl adjacent to an activating group) is 1. The van der Waals surface area contributed by atoms with Crippen molar-refractivity contribution in [3.8, 4) is 0 Å². The third kappa shape index (κ3) is 1.83. The Hall–Kier alpha value is -0.820. The lowest BCUT2D eigenvalue weighted by Crippen LogP contribution is -2.27. The number of hydrogen-bond donors (Lipinski definition) is 0. The monoisotopic (exact) mass is 189 g/mol. The molecule has 1 heterocycles. The van der Waals surface area contributed by atoms with E-state index < -0.39 is 0 Å². The Kier molecular flexibility index (Phi) is 2.87. The second kappa shape index (κ2) is 4.14. The van der Waals surface area contributed by atoms with Crippen molar-refractivity contribution < 1.29 is 0 Å². The smallest absolute Gasteiger partial charge is 0.0233 e. The van der Waals surface area contributed by atoms with Gasteiger partial charge in [0.1, 0.15) is 0 Å². The van der Waals surface area contributed by atoms with Gasteiger partial charge in [0, 0.05) is 13.1 Å². The predicted octanol–water partition coefficient (Wildman–Crippen LogP) is 2.63. The van der Waals surface area contributed by atoms with Crippen LogP contribution in [0, 0.1) is 0 Å². The van der Waals surface area contributed by atoms with Crippen molar-refractivity contribution in [2.75, 3.05) is 13.6 Å². The largest absolute Gasteiger partial charge is 0.302 e. The highest BCUT2D eigenvalue weighted by Gasteiger charge is 2.14. The van der Waals surface area contributed by atoms with Crippen LogP contribution in [0.4, 0.5) is 0 Å². The van der Waals surface area contributed by atoms with Crippen molar-refractivity contribution in [1.82, 2.24) is 4.90 Å². The average molecular weight is 189 g/mol. The van der Waals surface area contributed by atoms with Gasteiger partial charge in [0.15, 0.2) is 0 Å². The summed E-state index contributed by atoms with van der Waals surface area (Å²) >= 11 is 0. The van der Waals surface area contributed by atoms with Gasteiger partial charge in [-0.15, -0.1) is 0 Å². The van der Waals surface area contributed by atoms with Gasteiger partial charge in [0.05, 0.1) is 0 Å². The molecule has 1 heteroatoms. The second-order valence-electron chi connectivity index (χ2n) is 4.29. The molecular weight excluding hydrogens is 170 g/mol. The highest BCUT2D eigenvalue weighted by atomic mass is 15.1. The summed E-state index contributed by atoms with van der Waals surface area (Å²) in [4.78, 5) is 2.40. The molecule has 0 amide bonds. The third-order valence-electron chi connectivity index (χ3n) is 3.07. The fraction of sp³-hybridized carbons (Fsp3) is 0.538. The predicted molar refractivity (Wildman–Crippen MR) is 60.5 cm³/mol. The Morgan fingerprint density at radius 3 is 3.00 bits per heavy atom. The van der Waals surface area contributed by atoms with Crippen LogP contribution >= 0.6 is 0 Å². The molecule has 0 atom stereocenters. The fourth-order valence-corrected chi connectivity index (χ4v) is 2.33. The number of rotatable bonds is 2. The first-order valence-corrected chi connectivity index (χ1v) is 5.59. The Morgan fingerprint density at radius 2 is 2.21 bits per heavy atom. The van der Waals surface area contributed by atoms with Crippen LogP contribution in [-0.4, -0.2) is 18.5 Å². The van der Waals surface area contributed by atoms with E-state index in [1.807, 2.05) is 0 Å². The molecule has 0 unspecified atom stereocenters. The summed E-state index contributed by atoms with van der Waals surface area (Å²) in [5.74, 6) is 0. The zero-order chi connectivity index (χ0) is 9.97. The standard InChI is InChI=1S/C13H19N/c1-3-5-11-6-4-7-12-10-14(2)9-8-13(11)12/h4,6-7H,3,5,8-10H2,1-2H3. The second-order valence-corrected chi connectivity index (χ2v) is 4.29. The van der Waals surface area contributed by atoms with Gasteiger partial charge in [0.25, 0.3) is 0 Å². The Morgan fingerprint density at radius 1 is 1.36 bits per heavy atom. The van der Waals surface area contributed by atoms with Crippen LogP contribution in [0.5, 0.6) is 0 Å². The van der Waals surface area contributed by atoms with E-state index in [0.29, 0.717) is 0 Å². The number of fused-ring (bicyclic) bond motifs is 1. The Bertz CT molecular complexity index is 303. The zero-order valence-electron chi connectivity index (χ0n) is 9.21. The molecule has 1 nitrogen and oxygen atoms in total. The number of benzene rings is 1. The van der Waals surface area contributed by atoms with E-state index in [1.165, 1.54) is 25.8 Å². The maximum absolute atomic E-state index is 2.40. The molecule has 0 N–H and O–H groups in total. The van der Waals surface area contributed by atoms with Crippen LogP contribution in [0.3, 0.4) is 0 Å². The number of nitrogens with zero attached hydrogens (tertiary/aromatic N) is 1. The SMILES string of the molecule is CCCc1cccc2c1CCN(C)C2. The summed E-state index contributed by atoms with van der Waals surface area (Å²) < 4.78 is 0. The first kappa shape index (κ1) is 9.72. The van der Waals surface area contributed by atoms with E-state index in [-0.39, 0.29) is 0 Å². The average Bonchev–Trinajstić information content (AvgIpc) is 2.18. The molecule has 0 aliphatic carbocycles. The van der Waals surface area contributed by atoms with Crippen molar-refractivity contribution in [3.63, 3.8) is 0 Å². The molecular formula is C13H19N. The highest BCUT2D eigenvalue weighted by Crippen LogP contribution is 2.22. The van der Waals surface area contributed by atoms with Crippen LogP contribution in [0.25, 0.3) is 0 Å². The molecule has 0 saturated carbocycles. The van der Waals surface area contributed by atoms with Crippen LogP contribution in [-0.2, 0) is 19.4 Å². The van der Waals surface area contributed by atoms with Crippen LogP contribution in [0.15, 0.2) is 18.2 Å². The van der Waals surface area contributed by atoms with Gasteiger partial charge in [-0.3, -0.25) is 0 Å². The van der Waals surface area contributed by atoms with E-state index in [1.54, 1.807) is 16.7 Å². The van der Waals surface area contributed by atoms with Gasteiger partial charge in [-0.1, -0.05) is 31.5 Å². The molecule has 1 aliphatic heterocycles. The molecule has 1 aromatic carbocycles. The van der Waals surface area contributed by atoms with Gasteiger partial charge in [-0.05, 0) is 36.6 Å². The van der Waals surface area contributed by atoms with Crippen LogP contribution in [0.1, 0.15) is 30.0 Å². The molecule has 2 rings (SSSR count). The molecule has 0 fully saturated rings. The summed E-state index contributed by atoms with van der Waals surface area (Å²) in [5, 5.41) is 0. The van der Waals surface area contributed by atoms with Crippen LogP contribution in [0.2, 0.25) is 0 Å². The van der Waals surface area contributed by atoms with Crippen molar-refractivity contribution in [1.29, 1.82) is 0 Å². The molecule has 0 spiro atoms. The third-order valence-corrected chi connectivity index (χ3v) is 3.07. The van der Waals surface area contributed by atoms with Gasteiger partial charge < -0.3 is 4.90 Å². The Labute approximate surface area is 86.7 Å². The lowest BCUT2D eigenvalue weighted by atomic mass is 9.93. The van der Waals surface area contributed by atoms with Gasteiger partial charge in [0.2, 0.25) is 0 Å². The van der Waals surface area contributed by atoms with Gasteiger partial charge >= 0.3 is 0 Å². The first-order valence-electron chi connectivity index (χ1n) is 5.59. The topological polar surface area (TPSA) is 3.24 Å². The summed E-state index contributed by atoms with van der Waals surface area (Å²) in [6.07, 6.45) is 3.74. The summed E-state index contributed by atoms with van der Waals surface area (Å²) in [7, 11) is 2.20. The Balaban J connectivity index is 2.31. The van der Waals surface area contributed by atoms with E-state index in [0.717, 1.165) is 6.54 Å². The zero-order valence-corrected chi connectivity index (χ0v) is 9.21. The van der Waals surface area contributed by atoms with E-state index in [2.05, 4.69) is 37.1 Å². The lowest BCUT2D eigenvalue weighted by Gasteiger charge is -2.26. The molecule has 1 aliphatic rings. The lowest BCUT2D eigenvalue weighted by molar-refractivity contribution is 0.312. The summed E-state index contributed by atoms with van der Waals surface area (Å²) in [6.45, 7) is 4.61. The minimum absolute atomic E-state index is 1.13. The maximum Gasteiger partial charge on any atom is 0.0233 e. The van der Waals surface area contributed by atoms with Crippen molar-refractivity contribution in [2.45, 2.75) is 32.7 Å². The number of aryl methyl sites for hydroxylation is 1. The minimum Gasteiger partial charge on any atom is -0.302 e. The summed E-state index contributed by atoms with van der Waals surface area (Å²) in [5.41, 5.74) is 4.76. The minimum atomic E-state index is 1.13. The molecule has 0 saturated heterocycles. The highest BCUT2D eigenvalue weighted by molar-refractivity contribution is 5.37. The molecule has 1 aromatic rings. The van der Waals surface area contributed by atoms with Crippen molar-refractivity contribution in [3.05, 3.63) is 34.9 Å². The quantitative estimate of drug-likeness (QED) is 0.691.